The summed E-state index contributed by atoms with van der Waals surface area (Å²) in [6.45, 7) is 2.06. The molecule has 1 aliphatic heterocycles. The third-order valence-electron chi connectivity index (χ3n) is 4.82. The van der Waals surface area contributed by atoms with Crippen molar-refractivity contribution in [3.05, 3.63) is 52.1 Å². The normalized spacial score (nSPS) is 20.4. The zero-order valence-electron chi connectivity index (χ0n) is 14.0. The van der Waals surface area contributed by atoms with E-state index in [9.17, 15) is 19.7 Å². The van der Waals surface area contributed by atoms with Crippen LogP contribution in [-0.2, 0) is 4.79 Å². The predicted octanol–water partition coefficient (Wildman–Crippen LogP) is 2.24. The fraction of sp³-hybridized carbons (Fsp3) is 0.444. The molecule has 132 valence electrons. The maximum absolute atomic E-state index is 12.5. The van der Waals surface area contributed by atoms with Gasteiger partial charge in [-0.15, -0.1) is 0 Å². The lowest BCUT2D eigenvalue weighted by atomic mass is 9.93. The van der Waals surface area contributed by atoms with Crippen molar-refractivity contribution in [1.82, 2.24) is 9.80 Å². The maximum atomic E-state index is 12.5. The minimum Gasteiger partial charge on any atom is -0.339 e. The van der Waals surface area contributed by atoms with Gasteiger partial charge in [-0.2, -0.15) is 0 Å². The van der Waals surface area contributed by atoms with Gasteiger partial charge in [0.1, 0.15) is 0 Å². The maximum Gasteiger partial charge on any atom is 0.269 e. The Hall–Kier alpha value is -2.70. The molecule has 1 aliphatic carbocycles. The molecule has 1 aromatic carbocycles. The molecule has 0 spiro atoms. The first-order valence-corrected chi connectivity index (χ1v) is 8.54. The number of allylic oxidation sites excluding steroid dienone is 2. The molecule has 2 aliphatic rings. The van der Waals surface area contributed by atoms with Crippen LogP contribution in [0.1, 0.15) is 29.6 Å². The summed E-state index contributed by atoms with van der Waals surface area (Å²) in [4.78, 5) is 38.8. The number of piperazine rings is 1. The molecule has 1 heterocycles. The number of nitrogens with zero attached hydrogens (tertiary/aromatic N) is 3. The van der Waals surface area contributed by atoms with Crippen molar-refractivity contribution in [2.45, 2.75) is 19.3 Å². The van der Waals surface area contributed by atoms with Gasteiger partial charge in [0, 0.05) is 49.8 Å². The van der Waals surface area contributed by atoms with Gasteiger partial charge in [-0.25, -0.2) is 0 Å². The van der Waals surface area contributed by atoms with Crippen molar-refractivity contribution in [3.63, 3.8) is 0 Å². The molecule has 7 heteroatoms. The van der Waals surface area contributed by atoms with E-state index in [1.165, 1.54) is 24.3 Å². The first kappa shape index (κ1) is 17.1. The Morgan fingerprint density at radius 1 is 1.00 bits per heavy atom. The first-order chi connectivity index (χ1) is 12.1. The van der Waals surface area contributed by atoms with Crippen LogP contribution >= 0.6 is 0 Å². The Morgan fingerprint density at radius 2 is 1.64 bits per heavy atom. The van der Waals surface area contributed by atoms with E-state index < -0.39 is 4.92 Å². The van der Waals surface area contributed by atoms with Gasteiger partial charge in [-0.3, -0.25) is 19.7 Å². The third kappa shape index (κ3) is 3.87. The topological polar surface area (TPSA) is 83.8 Å². The molecule has 0 saturated carbocycles. The zero-order chi connectivity index (χ0) is 17.8. The fourth-order valence-electron chi connectivity index (χ4n) is 3.31. The van der Waals surface area contributed by atoms with Gasteiger partial charge in [0.25, 0.3) is 11.6 Å². The lowest BCUT2D eigenvalue weighted by Crippen LogP contribution is -2.52. The Morgan fingerprint density at radius 3 is 2.20 bits per heavy atom. The monoisotopic (exact) mass is 343 g/mol. The molecule has 0 radical (unpaired) electrons. The van der Waals surface area contributed by atoms with Crippen molar-refractivity contribution in [2.75, 3.05) is 26.2 Å². The number of nitro benzene ring substituents is 1. The molecule has 7 nitrogen and oxygen atoms in total. The van der Waals surface area contributed by atoms with Crippen LogP contribution in [-0.4, -0.2) is 52.7 Å². The number of non-ortho nitro benzene ring substituents is 1. The van der Waals surface area contributed by atoms with Crippen LogP contribution in [0.4, 0.5) is 5.69 Å². The lowest BCUT2D eigenvalue weighted by molar-refractivity contribution is -0.384. The second-order valence-electron chi connectivity index (χ2n) is 6.40. The van der Waals surface area contributed by atoms with Crippen molar-refractivity contribution < 1.29 is 14.5 Å². The van der Waals surface area contributed by atoms with Crippen LogP contribution in [0, 0.1) is 16.0 Å². The molecule has 3 rings (SSSR count). The molecule has 1 aromatic rings. The Kier molecular flexibility index (Phi) is 5.11. The van der Waals surface area contributed by atoms with Crippen LogP contribution < -0.4 is 0 Å². The summed E-state index contributed by atoms with van der Waals surface area (Å²) < 4.78 is 0. The fourth-order valence-corrected chi connectivity index (χ4v) is 3.31. The van der Waals surface area contributed by atoms with Crippen LogP contribution in [0.5, 0.6) is 0 Å². The highest BCUT2D eigenvalue weighted by Gasteiger charge is 2.29. The minimum absolute atomic E-state index is 0.0338. The van der Waals surface area contributed by atoms with Gasteiger partial charge in [0.05, 0.1) is 4.92 Å². The zero-order valence-corrected chi connectivity index (χ0v) is 14.0. The number of hydrogen-bond acceptors (Lipinski definition) is 4. The van der Waals surface area contributed by atoms with E-state index in [2.05, 4.69) is 12.2 Å². The number of rotatable bonds is 3. The summed E-state index contributed by atoms with van der Waals surface area (Å²) in [6, 6.07) is 5.63. The highest BCUT2D eigenvalue weighted by atomic mass is 16.6. The van der Waals surface area contributed by atoms with E-state index in [-0.39, 0.29) is 23.4 Å². The van der Waals surface area contributed by atoms with Crippen LogP contribution in [0.3, 0.4) is 0 Å². The number of benzene rings is 1. The first-order valence-electron chi connectivity index (χ1n) is 8.54. The standard InChI is InChI=1S/C18H21N3O4/c22-17(14-4-2-1-3-5-14)19-10-12-20(13-11-19)18(23)15-6-8-16(9-7-15)21(24)25/h1-2,6-9,14H,3-5,10-13H2/t14-/m1/s1. The number of hydrogen-bond donors (Lipinski definition) is 0. The van der Waals surface area contributed by atoms with Gasteiger partial charge in [0.15, 0.2) is 0 Å². The molecule has 0 N–H and O–H groups in total. The molecule has 0 aromatic heterocycles. The van der Waals surface area contributed by atoms with E-state index in [0.29, 0.717) is 31.7 Å². The molecule has 0 bridgehead atoms. The molecule has 1 saturated heterocycles. The number of carbonyl (C=O) groups excluding carboxylic acids is 2. The smallest absolute Gasteiger partial charge is 0.269 e. The average Bonchev–Trinajstić information content (AvgIpc) is 2.67. The minimum atomic E-state index is -0.487. The lowest BCUT2D eigenvalue weighted by Gasteiger charge is -2.36. The second-order valence-corrected chi connectivity index (χ2v) is 6.40. The highest BCUT2D eigenvalue weighted by molar-refractivity contribution is 5.94. The van der Waals surface area contributed by atoms with Gasteiger partial charge in [-0.05, 0) is 31.4 Å². The van der Waals surface area contributed by atoms with Gasteiger partial charge in [-0.1, -0.05) is 12.2 Å². The number of carbonyl (C=O) groups is 2. The Bertz CT molecular complexity index is 691. The van der Waals surface area contributed by atoms with Gasteiger partial charge < -0.3 is 9.80 Å². The summed E-state index contributed by atoms with van der Waals surface area (Å²) in [5.41, 5.74) is 0.399. The molecule has 1 atom stereocenters. The van der Waals surface area contributed by atoms with Crippen LogP contribution in [0.25, 0.3) is 0 Å². The van der Waals surface area contributed by atoms with Gasteiger partial charge >= 0.3 is 0 Å². The molecule has 1 fully saturated rings. The average molecular weight is 343 g/mol. The van der Waals surface area contributed by atoms with Crippen molar-refractivity contribution >= 4 is 17.5 Å². The SMILES string of the molecule is O=C(c1ccc([N+](=O)[O-])cc1)N1CCN(C(=O)[C@@H]2CC=CCC2)CC1. The van der Waals surface area contributed by atoms with E-state index in [0.717, 1.165) is 19.3 Å². The van der Waals surface area contributed by atoms with Crippen LogP contribution in [0.2, 0.25) is 0 Å². The van der Waals surface area contributed by atoms with Gasteiger partial charge in [0.2, 0.25) is 5.91 Å². The second kappa shape index (κ2) is 7.46. The summed E-state index contributed by atoms with van der Waals surface area (Å²) in [7, 11) is 0. The highest BCUT2D eigenvalue weighted by Crippen LogP contribution is 2.22. The van der Waals surface area contributed by atoms with Crippen molar-refractivity contribution in [1.29, 1.82) is 0 Å². The summed E-state index contributed by atoms with van der Waals surface area (Å²) in [6.07, 6.45) is 6.85. The molecular formula is C18H21N3O4. The summed E-state index contributed by atoms with van der Waals surface area (Å²) in [5.74, 6) is 0.108. The van der Waals surface area contributed by atoms with E-state index >= 15 is 0 Å². The molecule has 2 amide bonds. The Labute approximate surface area is 146 Å². The quantitative estimate of drug-likeness (QED) is 0.479. The number of amides is 2. The summed E-state index contributed by atoms with van der Waals surface area (Å²) >= 11 is 0. The predicted molar refractivity (Wildman–Crippen MR) is 92.1 cm³/mol. The van der Waals surface area contributed by atoms with E-state index in [1.54, 1.807) is 4.90 Å². The van der Waals surface area contributed by atoms with Crippen molar-refractivity contribution in [3.8, 4) is 0 Å². The molecule has 25 heavy (non-hydrogen) atoms. The molecule has 0 unspecified atom stereocenters. The molecular weight excluding hydrogens is 322 g/mol. The number of nitro groups is 1. The van der Waals surface area contributed by atoms with E-state index in [4.69, 9.17) is 0 Å². The van der Waals surface area contributed by atoms with Crippen LogP contribution in [0.15, 0.2) is 36.4 Å². The third-order valence-corrected chi connectivity index (χ3v) is 4.82. The summed E-state index contributed by atoms with van der Waals surface area (Å²) in [5, 5.41) is 10.7. The largest absolute Gasteiger partial charge is 0.339 e. The van der Waals surface area contributed by atoms with Crippen molar-refractivity contribution in [2.24, 2.45) is 5.92 Å². The van der Waals surface area contributed by atoms with E-state index in [1.807, 2.05) is 4.90 Å². The Balaban J connectivity index is 1.56.